The Morgan fingerprint density at radius 2 is 2.00 bits per heavy atom. The molecule has 1 unspecified atom stereocenters. The summed E-state index contributed by atoms with van der Waals surface area (Å²) < 4.78 is 2.81. The lowest BCUT2D eigenvalue weighted by Crippen LogP contribution is -2.21. The molecule has 0 aliphatic heterocycles. The Morgan fingerprint density at radius 1 is 1.33 bits per heavy atom. The van der Waals surface area contributed by atoms with Crippen molar-refractivity contribution in [3.8, 4) is 0 Å². The van der Waals surface area contributed by atoms with Crippen molar-refractivity contribution < 1.29 is 5.11 Å². The van der Waals surface area contributed by atoms with Gasteiger partial charge in [-0.1, -0.05) is 39.7 Å². The predicted octanol–water partition coefficient (Wildman–Crippen LogP) is 3.14. The second kappa shape index (κ2) is 7.40. The number of aromatic nitrogens is 2. The quantitative estimate of drug-likeness (QED) is 0.847. The predicted molar refractivity (Wildman–Crippen MR) is 88.6 cm³/mol. The zero-order chi connectivity index (χ0) is 15.4. The fourth-order valence-corrected chi connectivity index (χ4v) is 2.65. The Morgan fingerprint density at radius 3 is 2.62 bits per heavy atom. The molecule has 0 radical (unpaired) electrons. The van der Waals surface area contributed by atoms with Crippen LogP contribution in [0, 0.1) is 0 Å². The molecule has 21 heavy (non-hydrogen) atoms. The van der Waals surface area contributed by atoms with Gasteiger partial charge in [0, 0.05) is 17.4 Å². The van der Waals surface area contributed by atoms with Gasteiger partial charge in [-0.15, -0.1) is 0 Å². The van der Waals surface area contributed by atoms with E-state index in [4.69, 9.17) is 11.6 Å². The van der Waals surface area contributed by atoms with E-state index in [0.29, 0.717) is 23.7 Å². The van der Waals surface area contributed by atoms with E-state index in [9.17, 15) is 5.11 Å². The summed E-state index contributed by atoms with van der Waals surface area (Å²) in [6, 6.07) is 7.91. The summed E-state index contributed by atoms with van der Waals surface area (Å²) in [4.78, 5) is 2.07. The molecule has 0 saturated heterocycles. The van der Waals surface area contributed by atoms with Crippen LogP contribution in [0.4, 0.5) is 0 Å². The van der Waals surface area contributed by atoms with E-state index in [1.54, 1.807) is 10.9 Å². The minimum Gasteiger partial charge on any atom is -0.386 e. The molecule has 114 valence electrons. The van der Waals surface area contributed by atoms with E-state index in [-0.39, 0.29) is 0 Å². The van der Waals surface area contributed by atoms with Gasteiger partial charge in [-0.3, -0.25) is 4.68 Å². The molecular formula is C15H19BrClN3O. The Labute approximate surface area is 138 Å². The molecule has 1 aromatic heterocycles. The molecular weight excluding hydrogens is 354 g/mol. The lowest BCUT2D eigenvalue weighted by molar-refractivity contribution is 0.165. The third kappa shape index (κ3) is 4.54. The number of halogens is 2. The van der Waals surface area contributed by atoms with Gasteiger partial charge < -0.3 is 10.0 Å². The Balaban J connectivity index is 2.12. The molecule has 4 nitrogen and oxygen atoms in total. The first-order valence-corrected chi connectivity index (χ1v) is 7.93. The molecule has 0 saturated carbocycles. The summed E-state index contributed by atoms with van der Waals surface area (Å²) in [6.07, 6.45) is 1.45. The maximum Gasteiger partial charge on any atom is 0.101 e. The van der Waals surface area contributed by atoms with Crippen LogP contribution in [-0.4, -0.2) is 40.4 Å². The van der Waals surface area contributed by atoms with Crippen LogP contribution in [0.5, 0.6) is 0 Å². The first-order chi connectivity index (χ1) is 9.97. The lowest BCUT2D eigenvalue weighted by atomic mass is 10.1. The van der Waals surface area contributed by atoms with Crippen molar-refractivity contribution >= 4 is 27.5 Å². The number of aliphatic hydroxyl groups excluding tert-OH is 1. The van der Waals surface area contributed by atoms with Crippen LogP contribution in [0.1, 0.15) is 17.4 Å². The van der Waals surface area contributed by atoms with Crippen LogP contribution >= 0.6 is 27.5 Å². The highest BCUT2D eigenvalue weighted by Gasteiger charge is 2.18. The Bertz CT molecular complexity index is 583. The molecule has 0 fully saturated rings. The molecule has 1 N–H and O–H groups in total. The standard InChI is InChI=1S/C15H19BrClN3O/c1-19(2)7-8-20-15(13(17)10-18-20)14(21)9-11-3-5-12(16)6-4-11/h3-6,10,14,21H,7-9H2,1-2H3. The Hall–Kier alpha value is -0.880. The summed E-state index contributed by atoms with van der Waals surface area (Å²) in [5, 5.41) is 15.3. The smallest absolute Gasteiger partial charge is 0.101 e. The van der Waals surface area contributed by atoms with Crippen molar-refractivity contribution in [2.75, 3.05) is 20.6 Å². The van der Waals surface area contributed by atoms with E-state index in [1.165, 1.54) is 0 Å². The second-order valence-electron chi connectivity index (χ2n) is 5.25. The fraction of sp³-hybridized carbons (Fsp3) is 0.400. The van der Waals surface area contributed by atoms with Gasteiger partial charge in [-0.05, 0) is 31.8 Å². The molecule has 1 aromatic carbocycles. The maximum absolute atomic E-state index is 10.5. The van der Waals surface area contributed by atoms with Gasteiger partial charge in [0.25, 0.3) is 0 Å². The van der Waals surface area contributed by atoms with Crippen LogP contribution in [0.3, 0.4) is 0 Å². The van der Waals surface area contributed by atoms with Gasteiger partial charge in [0.1, 0.15) is 6.10 Å². The van der Waals surface area contributed by atoms with Gasteiger partial charge in [-0.2, -0.15) is 5.10 Å². The SMILES string of the molecule is CN(C)CCn1ncc(Cl)c1C(O)Cc1ccc(Br)cc1. The monoisotopic (exact) mass is 371 g/mol. The molecule has 0 aliphatic carbocycles. The van der Waals surface area contributed by atoms with E-state index >= 15 is 0 Å². The maximum atomic E-state index is 10.5. The largest absolute Gasteiger partial charge is 0.386 e. The molecule has 2 rings (SSSR count). The van der Waals surface area contributed by atoms with Crippen LogP contribution in [-0.2, 0) is 13.0 Å². The summed E-state index contributed by atoms with van der Waals surface area (Å²) in [5.74, 6) is 0. The molecule has 1 heterocycles. The zero-order valence-electron chi connectivity index (χ0n) is 12.1. The molecule has 6 heteroatoms. The van der Waals surface area contributed by atoms with Crippen molar-refractivity contribution in [1.82, 2.24) is 14.7 Å². The van der Waals surface area contributed by atoms with Crippen molar-refractivity contribution in [1.29, 1.82) is 0 Å². The molecule has 0 amide bonds. The third-order valence-electron chi connectivity index (χ3n) is 3.25. The number of hydrogen-bond acceptors (Lipinski definition) is 3. The summed E-state index contributed by atoms with van der Waals surface area (Å²) >= 11 is 9.59. The lowest BCUT2D eigenvalue weighted by Gasteiger charge is -2.16. The van der Waals surface area contributed by atoms with E-state index in [2.05, 4.69) is 25.9 Å². The van der Waals surface area contributed by atoms with E-state index < -0.39 is 6.10 Å². The number of benzene rings is 1. The topological polar surface area (TPSA) is 41.3 Å². The van der Waals surface area contributed by atoms with Gasteiger partial charge in [0.15, 0.2) is 0 Å². The second-order valence-corrected chi connectivity index (χ2v) is 6.57. The zero-order valence-corrected chi connectivity index (χ0v) is 14.5. The average Bonchev–Trinajstić information content (AvgIpc) is 2.80. The number of rotatable bonds is 6. The first kappa shape index (κ1) is 16.5. The van der Waals surface area contributed by atoms with E-state index in [1.807, 2.05) is 38.4 Å². The number of likely N-dealkylation sites (N-methyl/N-ethyl adjacent to an activating group) is 1. The average molecular weight is 373 g/mol. The minimum atomic E-state index is -0.664. The number of nitrogens with zero attached hydrogens (tertiary/aromatic N) is 3. The van der Waals surface area contributed by atoms with Crippen LogP contribution in [0.2, 0.25) is 5.02 Å². The fourth-order valence-electron chi connectivity index (χ4n) is 2.12. The number of hydrogen-bond donors (Lipinski definition) is 1. The highest BCUT2D eigenvalue weighted by Crippen LogP contribution is 2.26. The first-order valence-electron chi connectivity index (χ1n) is 6.76. The molecule has 1 atom stereocenters. The van der Waals surface area contributed by atoms with Crippen molar-refractivity contribution in [3.63, 3.8) is 0 Å². The van der Waals surface area contributed by atoms with Crippen molar-refractivity contribution in [3.05, 3.63) is 51.2 Å². The summed E-state index contributed by atoms with van der Waals surface area (Å²) in [7, 11) is 4.01. The third-order valence-corrected chi connectivity index (χ3v) is 4.07. The van der Waals surface area contributed by atoms with Crippen molar-refractivity contribution in [2.24, 2.45) is 0 Å². The molecule has 0 aliphatic rings. The van der Waals surface area contributed by atoms with E-state index in [0.717, 1.165) is 16.6 Å². The van der Waals surface area contributed by atoms with Gasteiger partial charge in [0.2, 0.25) is 0 Å². The highest BCUT2D eigenvalue weighted by molar-refractivity contribution is 9.10. The van der Waals surface area contributed by atoms with Gasteiger partial charge in [-0.25, -0.2) is 0 Å². The molecule has 0 bridgehead atoms. The van der Waals surface area contributed by atoms with Crippen LogP contribution < -0.4 is 0 Å². The van der Waals surface area contributed by atoms with Crippen LogP contribution in [0.25, 0.3) is 0 Å². The normalized spacial score (nSPS) is 12.9. The summed E-state index contributed by atoms with van der Waals surface area (Å²) in [5.41, 5.74) is 1.74. The highest BCUT2D eigenvalue weighted by atomic mass is 79.9. The molecule has 0 spiro atoms. The van der Waals surface area contributed by atoms with Gasteiger partial charge >= 0.3 is 0 Å². The van der Waals surface area contributed by atoms with Gasteiger partial charge in [0.05, 0.1) is 23.5 Å². The molecule has 2 aromatic rings. The minimum absolute atomic E-state index is 0.512. The summed E-state index contributed by atoms with van der Waals surface area (Å²) in [6.45, 7) is 1.54. The Kier molecular flexibility index (Phi) is 5.81. The number of aliphatic hydroxyl groups is 1. The van der Waals surface area contributed by atoms with Crippen molar-refractivity contribution in [2.45, 2.75) is 19.1 Å². The van der Waals surface area contributed by atoms with Crippen LogP contribution in [0.15, 0.2) is 34.9 Å².